The molecule has 1 aromatic rings. The molecule has 1 aromatic heterocycles. The smallest absolute Gasteiger partial charge is 0.224 e. The molecule has 0 bridgehead atoms. The Kier molecular flexibility index (Phi) is 3.93. The summed E-state index contributed by atoms with van der Waals surface area (Å²) < 4.78 is 0.873. The van der Waals surface area contributed by atoms with Crippen LogP contribution in [0, 0.1) is 5.92 Å². The van der Waals surface area contributed by atoms with E-state index in [1.807, 2.05) is 0 Å². The van der Waals surface area contributed by atoms with Crippen LogP contribution in [0.2, 0.25) is 0 Å². The first-order chi connectivity index (χ1) is 8.22. The first-order valence-corrected chi connectivity index (χ1v) is 6.43. The summed E-state index contributed by atoms with van der Waals surface area (Å²) in [6, 6.07) is 0. The fourth-order valence-corrected chi connectivity index (χ4v) is 2.60. The van der Waals surface area contributed by atoms with Gasteiger partial charge in [0.1, 0.15) is 12.1 Å². The minimum absolute atomic E-state index is 0.0515. The van der Waals surface area contributed by atoms with Gasteiger partial charge in [-0.15, -0.1) is 0 Å². The monoisotopic (exact) mass is 298 g/mol. The second-order valence-corrected chi connectivity index (χ2v) is 4.95. The number of nitrogens with zero attached hydrogens (tertiary/aromatic N) is 3. The molecule has 1 unspecified atom stereocenters. The molecule has 0 aromatic carbocycles. The lowest BCUT2D eigenvalue weighted by molar-refractivity contribution is -0.124. The van der Waals surface area contributed by atoms with Crippen LogP contribution >= 0.6 is 15.9 Å². The van der Waals surface area contributed by atoms with Crippen LogP contribution < -0.4 is 10.2 Å². The van der Waals surface area contributed by atoms with Gasteiger partial charge >= 0.3 is 0 Å². The molecule has 2 heterocycles. The molecule has 1 saturated heterocycles. The summed E-state index contributed by atoms with van der Waals surface area (Å²) in [6.45, 7) is 1.65. The molecule has 1 N–H and O–H groups in total. The molecule has 0 aliphatic carbocycles. The molecule has 6 heteroatoms. The summed E-state index contributed by atoms with van der Waals surface area (Å²) in [5.41, 5.74) is 0. The van der Waals surface area contributed by atoms with Gasteiger partial charge in [-0.1, -0.05) is 0 Å². The van der Waals surface area contributed by atoms with Gasteiger partial charge in [0, 0.05) is 26.3 Å². The lowest BCUT2D eigenvalue weighted by Gasteiger charge is -2.32. The van der Waals surface area contributed by atoms with E-state index in [1.54, 1.807) is 13.2 Å². The van der Waals surface area contributed by atoms with E-state index >= 15 is 0 Å². The second-order valence-electron chi connectivity index (χ2n) is 4.09. The number of anilines is 1. The summed E-state index contributed by atoms with van der Waals surface area (Å²) >= 11 is 3.44. The van der Waals surface area contributed by atoms with Gasteiger partial charge in [0.2, 0.25) is 5.91 Å². The highest BCUT2D eigenvalue weighted by Gasteiger charge is 2.26. The Labute approximate surface area is 109 Å². The van der Waals surface area contributed by atoms with Gasteiger partial charge in [-0.3, -0.25) is 4.79 Å². The predicted octanol–water partition coefficient (Wildman–Crippen LogP) is 1.20. The van der Waals surface area contributed by atoms with E-state index < -0.39 is 0 Å². The number of carbonyl (C=O) groups is 1. The molecule has 17 heavy (non-hydrogen) atoms. The van der Waals surface area contributed by atoms with E-state index in [-0.39, 0.29) is 11.8 Å². The molecule has 92 valence electrons. The van der Waals surface area contributed by atoms with E-state index in [4.69, 9.17) is 0 Å². The summed E-state index contributed by atoms with van der Waals surface area (Å²) in [5, 5.41) is 2.71. The molecule has 1 aliphatic heterocycles. The number of halogens is 1. The fourth-order valence-electron chi connectivity index (χ4n) is 2.13. The SMILES string of the molecule is CNC(=O)C1CCCN(c2ncncc2Br)C1. The van der Waals surface area contributed by atoms with Crippen LogP contribution in [0.5, 0.6) is 0 Å². The van der Waals surface area contributed by atoms with Gasteiger partial charge in [0.25, 0.3) is 0 Å². The summed E-state index contributed by atoms with van der Waals surface area (Å²) in [6.07, 6.45) is 5.21. The number of nitrogens with one attached hydrogen (secondary N) is 1. The molecule has 0 spiro atoms. The zero-order valence-electron chi connectivity index (χ0n) is 9.69. The summed E-state index contributed by atoms with van der Waals surface area (Å²) in [5.74, 6) is 1.03. The average molecular weight is 299 g/mol. The Balaban J connectivity index is 2.12. The second kappa shape index (κ2) is 5.44. The number of hydrogen-bond acceptors (Lipinski definition) is 4. The van der Waals surface area contributed by atoms with Crippen LogP contribution in [0.4, 0.5) is 5.82 Å². The van der Waals surface area contributed by atoms with Gasteiger partial charge in [-0.2, -0.15) is 0 Å². The molecule has 1 aliphatic rings. The van der Waals surface area contributed by atoms with E-state index in [0.29, 0.717) is 0 Å². The van der Waals surface area contributed by atoms with Gasteiger partial charge < -0.3 is 10.2 Å². The van der Waals surface area contributed by atoms with E-state index in [1.165, 1.54) is 6.33 Å². The zero-order chi connectivity index (χ0) is 12.3. The molecular formula is C11H15BrN4O. The molecule has 1 fully saturated rings. The van der Waals surface area contributed by atoms with Crippen LogP contribution in [0.1, 0.15) is 12.8 Å². The maximum atomic E-state index is 11.6. The topological polar surface area (TPSA) is 58.1 Å². The fraction of sp³-hybridized carbons (Fsp3) is 0.545. The molecular weight excluding hydrogens is 284 g/mol. The molecule has 0 radical (unpaired) electrons. The number of aromatic nitrogens is 2. The normalized spacial score (nSPS) is 20.1. The average Bonchev–Trinajstić information content (AvgIpc) is 2.38. The Bertz CT molecular complexity index is 412. The third-order valence-electron chi connectivity index (χ3n) is 2.99. The van der Waals surface area contributed by atoms with Crippen molar-refractivity contribution in [3.8, 4) is 0 Å². The minimum Gasteiger partial charge on any atom is -0.359 e. The molecule has 1 amide bonds. The molecule has 1 atom stereocenters. The highest BCUT2D eigenvalue weighted by molar-refractivity contribution is 9.10. The Morgan fingerprint density at radius 3 is 3.18 bits per heavy atom. The highest BCUT2D eigenvalue weighted by Crippen LogP contribution is 2.27. The van der Waals surface area contributed by atoms with Crippen molar-refractivity contribution in [1.82, 2.24) is 15.3 Å². The van der Waals surface area contributed by atoms with Crippen LogP contribution in [0.25, 0.3) is 0 Å². The van der Waals surface area contributed by atoms with Crippen molar-refractivity contribution in [2.75, 3.05) is 25.0 Å². The molecule has 2 rings (SSSR count). The van der Waals surface area contributed by atoms with Gasteiger partial charge in [0.05, 0.1) is 10.4 Å². The number of carbonyl (C=O) groups excluding carboxylic acids is 1. The van der Waals surface area contributed by atoms with Crippen LogP contribution in [0.3, 0.4) is 0 Å². The van der Waals surface area contributed by atoms with E-state index in [2.05, 4.69) is 36.1 Å². The van der Waals surface area contributed by atoms with Gasteiger partial charge in [-0.05, 0) is 28.8 Å². The van der Waals surface area contributed by atoms with Crippen molar-refractivity contribution < 1.29 is 4.79 Å². The van der Waals surface area contributed by atoms with Crippen molar-refractivity contribution in [3.05, 3.63) is 17.0 Å². The Morgan fingerprint density at radius 1 is 1.65 bits per heavy atom. The molecule has 0 saturated carbocycles. The van der Waals surface area contributed by atoms with Crippen LogP contribution in [0.15, 0.2) is 17.0 Å². The predicted molar refractivity (Wildman–Crippen MR) is 68.7 cm³/mol. The largest absolute Gasteiger partial charge is 0.359 e. The third-order valence-corrected chi connectivity index (χ3v) is 3.55. The number of piperidine rings is 1. The van der Waals surface area contributed by atoms with E-state index in [9.17, 15) is 4.79 Å². The first-order valence-electron chi connectivity index (χ1n) is 5.64. The lowest BCUT2D eigenvalue weighted by Crippen LogP contribution is -2.42. The number of hydrogen-bond donors (Lipinski definition) is 1. The summed E-state index contributed by atoms with van der Waals surface area (Å²) in [4.78, 5) is 22.0. The maximum absolute atomic E-state index is 11.6. The van der Waals surface area contributed by atoms with Crippen molar-refractivity contribution >= 4 is 27.7 Å². The van der Waals surface area contributed by atoms with Crippen molar-refractivity contribution in [2.45, 2.75) is 12.8 Å². The van der Waals surface area contributed by atoms with Crippen molar-refractivity contribution in [2.24, 2.45) is 5.92 Å². The minimum atomic E-state index is 0.0515. The van der Waals surface area contributed by atoms with Gasteiger partial charge in [0.15, 0.2) is 0 Å². The van der Waals surface area contributed by atoms with Crippen LogP contribution in [-0.4, -0.2) is 36.0 Å². The Morgan fingerprint density at radius 2 is 2.47 bits per heavy atom. The van der Waals surface area contributed by atoms with Crippen molar-refractivity contribution in [3.63, 3.8) is 0 Å². The van der Waals surface area contributed by atoms with Crippen LogP contribution in [-0.2, 0) is 4.79 Å². The maximum Gasteiger partial charge on any atom is 0.224 e. The quantitative estimate of drug-likeness (QED) is 0.891. The number of rotatable bonds is 2. The van der Waals surface area contributed by atoms with Gasteiger partial charge in [-0.25, -0.2) is 9.97 Å². The number of amides is 1. The standard InChI is InChI=1S/C11H15BrN4O/c1-13-11(17)8-3-2-4-16(6-8)10-9(12)5-14-7-15-10/h5,7-8H,2-4,6H2,1H3,(H,13,17). The Hall–Kier alpha value is -1.17. The lowest BCUT2D eigenvalue weighted by atomic mass is 9.97. The highest BCUT2D eigenvalue weighted by atomic mass is 79.9. The third kappa shape index (κ3) is 2.74. The van der Waals surface area contributed by atoms with Crippen molar-refractivity contribution in [1.29, 1.82) is 0 Å². The van der Waals surface area contributed by atoms with E-state index in [0.717, 1.165) is 36.2 Å². The first kappa shape index (κ1) is 12.3. The zero-order valence-corrected chi connectivity index (χ0v) is 11.3. The molecule has 5 nitrogen and oxygen atoms in total. The summed E-state index contributed by atoms with van der Waals surface area (Å²) in [7, 11) is 1.68.